The number of hydrogen-bond acceptors (Lipinski definition) is 2. The van der Waals surface area contributed by atoms with E-state index in [2.05, 4.69) is 47.8 Å². The van der Waals surface area contributed by atoms with Gasteiger partial charge in [0.2, 0.25) is 0 Å². The summed E-state index contributed by atoms with van der Waals surface area (Å²) in [4.78, 5) is 25.0. The zero-order chi connectivity index (χ0) is 11.9. The zero-order valence-corrected chi connectivity index (χ0v) is 12.7. The molecule has 0 radical (unpaired) electrons. The van der Waals surface area contributed by atoms with Gasteiger partial charge in [0, 0.05) is 20.8 Å². The fraction of sp³-hybridized carbons (Fsp3) is 0.200. The number of anilines is 1. The van der Waals surface area contributed by atoms with Gasteiger partial charge in [0.05, 0.1) is 11.3 Å². The maximum atomic E-state index is 11.7. The van der Waals surface area contributed by atoms with Gasteiger partial charge in [-0.05, 0) is 28.1 Å². The number of alkyl halides is 1. The van der Waals surface area contributed by atoms with Crippen molar-refractivity contribution in [2.45, 2.75) is 0 Å². The number of fused-ring (bicyclic) bond motifs is 1. The lowest BCUT2D eigenvalue weighted by Crippen LogP contribution is -2.31. The maximum absolute atomic E-state index is 11.7. The minimum absolute atomic E-state index is 0.446. The second-order valence-corrected chi connectivity index (χ2v) is 5.82. The van der Waals surface area contributed by atoms with Crippen molar-refractivity contribution in [3.8, 4) is 0 Å². The Hall–Kier alpha value is -0.200. The van der Waals surface area contributed by atoms with Crippen molar-refractivity contribution in [1.82, 2.24) is 0 Å². The molecule has 6 heteroatoms. The number of ketones is 1. The van der Waals surface area contributed by atoms with E-state index in [1.54, 1.807) is 6.07 Å². The number of halogens is 3. The molecule has 0 bridgehead atoms. The third-order valence-corrected chi connectivity index (χ3v) is 3.71. The van der Waals surface area contributed by atoms with E-state index in [9.17, 15) is 9.59 Å². The lowest BCUT2D eigenvalue weighted by molar-refractivity contribution is -0.114. The van der Waals surface area contributed by atoms with Crippen LogP contribution in [0.3, 0.4) is 0 Å². The van der Waals surface area contributed by atoms with Crippen molar-refractivity contribution in [2.75, 3.05) is 16.8 Å². The summed E-state index contributed by atoms with van der Waals surface area (Å²) in [5, 5.41) is 0.633. The highest BCUT2D eigenvalue weighted by atomic mass is 79.9. The van der Waals surface area contributed by atoms with Gasteiger partial charge < -0.3 is 4.90 Å². The van der Waals surface area contributed by atoms with E-state index in [-0.39, 0.29) is 0 Å². The van der Waals surface area contributed by atoms with Gasteiger partial charge in [-0.25, -0.2) is 0 Å². The van der Waals surface area contributed by atoms with Crippen molar-refractivity contribution >= 4 is 65.2 Å². The molecule has 0 saturated heterocycles. The molecular weight excluding hydrogens is 406 g/mol. The highest BCUT2D eigenvalue weighted by Crippen LogP contribution is 2.38. The smallest absolute Gasteiger partial charge is 0.299 e. The summed E-state index contributed by atoms with van der Waals surface area (Å²) in [5.41, 5.74) is 1.12. The Morgan fingerprint density at radius 2 is 1.88 bits per heavy atom. The van der Waals surface area contributed by atoms with Crippen LogP contribution in [0, 0.1) is 0 Å². The average molecular weight is 412 g/mol. The number of benzene rings is 1. The number of nitrogens with zero attached hydrogens (tertiary/aromatic N) is 1. The molecule has 0 fully saturated rings. The van der Waals surface area contributed by atoms with E-state index >= 15 is 0 Å². The van der Waals surface area contributed by atoms with Crippen LogP contribution >= 0.6 is 47.8 Å². The Kier molecular flexibility index (Phi) is 3.51. The van der Waals surface area contributed by atoms with E-state index < -0.39 is 11.7 Å². The fourth-order valence-electron chi connectivity index (χ4n) is 1.65. The van der Waals surface area contributed by atoms with Gasteiger partial charge in [0.1, 0.15) is 0 Å². The highest BCUT2D eigenvalue weighted by Gasteiger charge is 2.37. The molecule has 0 saturated carbocycles. The SMILES string of the molecule is O=C1C(=O)N(CCBr)c2c(Br)cc(Br)cc21. The van der Waals surface area contributed by atoms with Crippen LogP contribution in [0.2, 0.25) is 0 Å². The third kappa shape index (κ3) is 1.87. The van der Waals surface area contributed by atoms with E-state index in [0.717, 1.165) is 8.95 Å². The molecule has 1 heterocycles. The minimum atomic E-state index is -0.465. The lowest BCUT2D eigenvalue weighted by Gasteiger charge is -2.16. The molecule has 0 atom stereocenters. The molecule has 2 rings (SSSR count). The molecule has 1 aliphatic heterocycles. The molecule has 1 amide bonds. The first-order chi connectivity index (χ1) is 7.56. The van der Waals surface area contributed by atoms with Crippen molar-refractivity contribution < 1.29 is 9.59 Å². The van der Waals surface area contributed by atoms with Crippen LogP contribution in [0.5, 0.6) is 0 Å². The summed E-state index contributed by atoms with van der Waals surface area (Å²) in [6, 6.07) is 3.50. The van der Waals surface area contributed by atoms with Crippen LogP contribution in [0.1, 0.15) is 10.4 Å². The maximum Gasteiger partial charge on any atom is 0.299 e. The fourth-order valence-corrected chi connectivity index (χ4v) is 3.44. The number of hydrogen-bond donors (Lipinski definition) is 0. The summed E-state index contributed by atoms with van der Waals surface area (Å²) in [7, 11) is 0. The molecular formula is C10H6Br3NO2. The van der Waals surface area contributed by atoms with Gasteiger partial charge in [-0.3, -0.25) is 9.59 Å². The third-order valence-electron chi connectivity index (χ3n) is 2.29. The van der Waals surface area contributed by atoms with Crippen LogP contribution in [-0.4, -0.2) is 23.6 Å². The Morgan fingerprint density at radius 1 is 1.19 bits per heavy atom. The van der Waals surface area contributed by atoms with Gasteiger partial charge >= 0.3 is 0 Å². The van der Waals surface area contributed by atoms with Crippen LogP contribution < -0.4 is 4.90 Å². The number of carbonyl (C=O) groups is 2. The monoisotopic (exact) mass is 409 g/mol. The Balaban J connectivity index is 2.60. The molecule has 1 aromatic rings. The first-order valence-electron chi connectivity index (χ1n) is 4.47. The van der Waals surface area contributed by atoms with Crippen LogP contribution in [0.15, 0.2) is 21.1 Å². The average Bonchev–Trinajstić information content (AvgIpc) is 2.44. The molecule has 0 aromatic heterocycles. The van der Waals surface area contributed by atoms with Crippen LogP contribution in [0.25, 0.3) is 0 Å². The van der Waals surface area contributed by atoms with E-state index in [1.807, 2.05) is 6.07 Å². The predicted octanol–water partition coefficient (Wildman–Crippen LogP) is 3.14. The second kappa shape index (κ2) is 4.58. The topological polar surface area (TPSA) is 37.4 Å². The number of rotatable bonds is 2. The number of amides is 1. The van der Waals surface area contributed by atoms with Crippen molar-refractivity contribution in [2.24, 2.45) is 0 Å². The van der Waals surface area contributed by atoms with E-state index in [1.165, 1.54) is 4.90 Å². The summed E-state index contributed by atoms with van der Waals surface area (Å²) >= 11 is 9.94. The van der Waals surface area contributed by atoms with Gasteiger partial charge in [0.15, 0.2) is 0 Å². The van der Waals surface area contributed by atoms with Crippen molar-refractivity contribution in [1.29, 1.82) is 0 Å². The summed E-state index contributed by atoms with van der Waals surface area (Å²) < 4.78 is 1.52. The van der Waals surface area contributed by atoms with E-state index in [4.69, 9.17) is 0 Å². The zero-order valence-electron chi connectivity index (χ0n) is 7.97. The molecule has 0 N–H and O–H groups in total. The molecule has 3 nitrogen and oxygen atoms in total. The van der Waals surface area contributed by atoms with Gasteiger partial charge in [-0.1, -0.05) is 31.9 Å². The minimum Gasteiger partial charge on any atom is -0.303 e. The van der Waals surface area contributed by atoms with Gasteiger partial charge in [-0.2, -0.15) is 0 Å². The predicted molar refractivity (Wildman–Crippen MR) is 72.3 cm³/mol. The molecule has 0 spiro atoms. The number of Topliss-reactive ketones (excluding diaryl/α,β-unsaturated/α-hetero) is 1. The molecule has 0 aliphatic carbocycles. The number of carbonyl (C=O) groups excluding carboxylic acids is 2. The van der Waals surface area contributed by atoms with Crippen LogP contribution in [0.4, 0.5) is 5.69 Å². The Morgan fingerprint density at radius 3 is 2.50 bits per heavy atom. The van der Waals surface area contributed by atoms with Gasteiger partial charge in [0.25, 0.3) is 11.7 Å². The molecule has 84 valence electrons. The Bertz CT molecular complexity index is 487. The summed E-state index contributed by atoms with van der Waals surface area (Å²) in [6.07, 6.45) is 0. The quantitative estimate of drug-likeness (QED) is 0.554. The molecule has 0 unspecified atom stereocenters. The second-order valence-electron chi connectivity index (χ2n) is 3.26. The summed E-state index contributed by atoms with van der Waals surface area (Å²) in [5.74, 6) is -0.911. The Labute approximate surface area is 118 Å². The summed E-state index contributed by atoms with van der Waals surface area (Å²) in [6.45, 7) is 0.484. The molecule has 1 aliphatic rings. The highest BCUT2D eigenvalue weighted by molar-refractivity contribution is 9.11. The van der Waals surface area contributed by atoms with Crippen LogP contribution in [-0.2, 0) is 4.79 Å². The first kappa shape index (κ1) is 12.3. The molecule has 1 aromatic carbocycles. The van der Waals surface area contributed by atoms with E-state index in [0.29, 0.717) is 23.1 Å². The lowest BCUT2D eigenvalue weighted by atomic mass is 10.1. The molecule has 16 heavy (non-hydrogen) atoms. The van der Waals surface area contributed by atoms with Crippen molar-refractivity contribution in [3.63, 3.8) is 0 Å². The normalized spacial score (nSPS) is 14.6. The largest absolute Gasteiger partial charge is 0.303 e. The standard InChI is InChI=1S/C10H6Br3NO2/c11-1-2-14-8-6(9(15)10(14)16)3-5(12)4-7(8)13/h3-4H,1-2H2. The van der Waals surface area contributed by atoms with Gasteiger partial charge in [-0.15, -0.1) is 0 Å². The first-order valence-corrected chi connectivity index (χ1v) is 7.18. The van der Waals surface area contributed by atoms with Crippen molar-refractivity contribution in [3.05, 3.63) is 26.6 Å².